The maximum atomic E-state index is 13.1. The third-order valence-corrected chi connectivity index (χ3v) is 7.72. The topological polar surface area (TPSA) is 123 Å². The monoisotopic (exact) mass is 455 g/mol. The predicted octanol–water partition coefficient (Wildman–Crippen LogP) is -0.0327. The molecule has 4 saturated heterocycles. The van der Waals surface area contributed by atoms with E-state index in [9.17, 15) is 14.4 Å². The molecule has 10 heteroatoms. The molecule has 0 radical (unpaired) electrons. The Morgan fingerprint density at radius 3 is 2.36 bits per heavy atom. The second-order valence-corrected chi connectivity index (χ2v) is 9.50. The van der Waals surface area contributed by atoms with E-state index in [4.69, 9.17) is 5.73 Å². The number of primary amides is 1. The minimum atomic E-state index is -0.570. The number of nitrogens with one attached hydrogen (secondary N) is 3. The second kappa shape index (κ2) is 9.02. The van der Waals surface area contributed by atoms with Gasteiger partial charge in [-0.15, -0.1) is 0 Å². The number of urea groups is 1. The summed E-state index contributed by atoms with van der Waals surface area (Å²) in [5.74, 6) is -0.841. The van der Waals surface area contributed by atoms with Gasteiger partial charge in [-0.25, -0.2) is 9.69 Å². The lowest BCUT2D eigenvalue weighted by atomic mass is 9.83. The molecule has 5 rings (SSSR count). The van der Waals surface area contributed by atoms with Crippen LogP contribution in [0.15, 0.2) is 30.3 Å². The number of hydrogen-bond donors (Lipinski definition) is 4. The maximum Gasteiger partial charge on any atom is 0.330 e. The molecule has 33 heavy (non-hydrogen) atoms. The highest BCUT2D eigenvalue weighted by atomic mass is 16.2. The number of hydrogen-bond acceptors (Lipinski definition) is 7. The molecule has 0 bridgehead atoms. The molecule has 4 heterocycles. The first kappa shape index (κ1) is 22.3. The van der Waals surface area contributed by atoms with Gasteiger partial charge in [-0.1, -0.05) is 24.6 Å². The molecule has 4 amide bonds. The Bertz CT molecular complexity index is 897. The van der Waals surface area contributed by atoms with Crippen LogP contribution in [-0.4, -0.2) is 78.4 Å². The molecule has 1 aromatic rings. The summed E-state index contributed by atoms with van der Waals surface area (Å²) in [7, 11) is 0. The van der Waals surface area contributed by atoms with Gasteiger partial charge in [0, 0.05) is 19.6 Å². The third kappa shape index (κ3) is 4.01. The lowest BCUT2D eigenvalue weighted by Gasteiger charge is -2.51. The average Bonchev–Trinajstić information content (AvgIpc) is 2.85. The molecule has 0 saturated carbocycles. The molecular weight excluding hydrogens is 422 g/mol. The summed E-state index contributed by atoms with van der Waals surface area (Å²) in [5, 5.41) is 9.79. The minimum Gasteiger partial charge on any atom is -0.368 e. The van der Waals surface area contributed by atoms with Gasteiger partial charge in [0.1, 0.15) is 11.8 Å². The number of imide groups is 1. The van der Waals surface area contributed by atoms with Gasteiger partial charge < -0.3 is 11.1 Å². The van der Waals surface area contributed by atoms with Crippen molar-refractivity contribution in [3.63, 3.8) is 0 Å². The highest BCUT2D eigenvalue weighted by Gasteiger charge is 2.49. The number of likely N-dealkylation sites (tertiary alicyclic amines) is 2. The summed E-state index contributed by atoms with van der Waals surface area (Å²) in [6, 6.07) is 8.56. The Hall–Kier alpha value is -2.53. The van der Waals surface area contributed by atoms with Crippen molar-refractivity contribution in [2.24, 2.45) is 11.7 Å². The molecule has 5 N–H and O–H groups in total. The number of carbonyl (C=O) groups is 3. The number of fused-ring (bicyclic) bond motifs is 1. The third-order valence-electron chi connectivity index (χ3n) is 7.72. The number of amides is 4. The van der Waals surface area contributed by atoms with Crippen molar-refractivity contribution in [3.05, 3.63) is 30.3 Å². The van der Waals surface area contributed by atoms with E-state index >= 15 is 0 Å². The van der Waals surface area contributed by atoms with E-state index in [1.807, 2.05) is 18.2 Å². The first-order valence-electron chi connectivity index (χ1n) is 12.0. The summed E-state index contributed by atoms with van der Waals surface area (Å²) in [6.07, 6.45) is 4.17. The van der Waals surface area contributed by atoms with E-state index in [1.54, 1.807) is 12.1 Å². The van der Waals surface area contributed by atoms with Crippen molar-refractivity contribution in [3.8, 4) is 0 Å². The van der Waals surface area contributed by atoms with Gasteiger partial charge in [-0.2, -0.15) is 0 Å². The number of anilines is 1. The quantitative estimate of drug-likeness (QED) is 0.503. The largest absolute Gasteiger partial charge is 0.368 e. The van der Waals surface area contributed by atoms with Crippen LogP contribution in [0, 0.1) is 5.92 Å². The van der Waals surface area contributed by atoms with Crippen molar-refractivity contribution in [2.45, 2.75) is 50.1 Å². The van der Waals surface area contributed by atoms with E-state index in [0.717, 1.165) is 25.9 Å². The van der Waals surface area contributed by atoms with Gasteiger partial charge in [-0.05, 0) is 50.9 Å². The standard InChI is InChI=1S/C23H33N7O3/c24-20(32)23(29-11-5-2-6-12-29)9-13-28(14-10-23)21-25-15-17-18(26-21)27-22(33)30(19(17)31)16-7-3-1-4-8-16/h1,3-4,7-8,17-18,21,25-26H,2,5-6,9-15H2,(H2,24,32)(H,27,33). The summed E-state index contributed by atoms with van der Waals surface area (Å²) >= 11 is 0. The number of nitrogens with two attached hydrogens (primary N) is 1. The molecule has 3 atom stereocenters. The minimum absolute atomic E-state index is 0.185. The van der Waals surface area contributed by atoms with Crippen molar-refractivity contribution < 1.29 is 14.4 Å². The van der Waals surface area contributed by atoms with Gasteiger partial charge in [-0.3, -0.25) is 30.0 Å². The molecule has 0 aromatic heterocycles. The summed E-state index contributed by atoms with van der Waals surface area (Å²) in [4.78, 5) is 44.1. The zero-order valence-corrected chi connectivity index (χ0v) is 18.8. The average molecular weight is 456 g/mol. The van der Waals surface area contributed by atoms with Crippen LogP contribution in [0.3, 0.4) is 0 Å². The molecule has 0 aliphatic carbocycles. The fourth-order valence-corrected chi connectivity index (χ4v) is 5.79. The van der Waals surface area contributed by atoms with Crippen LogP contribution in [0.1, 0.15) is 32.1 Å². The molecule has 4 fully saturated rings. The summed E-state index contributed by atoms with van der Waals surface area (Å²) in [5.41, 5.74) is 5.91. The van der Waals surface area contributed by atoms with Gasteiger partial charge in [0.2, 0.25) is 11.8 Å². The molecule has 10 nitrogen and oxygen atoms in total. The zero-order valence-electron chi connectivity index (χ0n) is 18.8. The van der Waals surface area contributed by atoms with Crippen LogP contribution in [0.5, 0.6) is 0 Å². The van der Waals surface area contributed by atoms with Gasteiger partial charge in [0.15, 0.2) is 0 Å². The van der Waals surface area contributed by atoms with Crippen molar-refractivity contribution in [1.29, 1.82) is 0 Å². The lowest BCUT2D eigenvalue weighted by Crippen LogP contribution is -2.76. The smallest absolute Gasteiger partial charge is 0.330 e. The second-order valence-electron chi connectivity index (χ2n) is 9.50. The van der Waals surface area contributed by atoms with Crippen LogP contribution >= 0.6 is 0 Å². The highest BCUT2D eigenvalue weighted by Crippen LogP contribution is 2.32. The number of para-hydroxylation sites is 1. The zero-order chi connectivity index (χ0) is 23.0. The molecule has 178 valence electrons. The lowest BCUT2D eigenvalue weighted by molar-refractivity contribution is -0.136. The SMILES string of the molecule is NC(=O)C1(N2CCCCC2)CCN(C2NCC3C(=O)N(c4ccccc4)C(=O)NC3N2)CC1. The summed E-state index contributed by atoms with van der Waals surface area (Å²) in [6.45, 7) is 3.73. The van der Waals surface area contributed by atoms with Crippen LogP contribution < -0.4 is 26.6 Å². The van der Waals surface area contributed by atoms with Crippen molar-refractivity contribution in [1.82, 2.24) is 25.8 Å². The fourth-order valence-electron chi connectivity index (χ4n) is 5.79. The molecule has 4 aliphatic heterocycles. The van der Waals surface area contributed by atoms with Gasteiger partial charge >= 0.3 is 6.03 Å². The Labute approximate surface area is 193 Å². The van der Waals surface area contributed by atoms with E-state index in [2.05, 4.69) is 25.8 Å². The van der Waals surface area contributed by atoms with E-state index in [-0.39, 0.29) is 18.1 Å². The van der Waals surface area contributed by atoms with Crippen LogP contribution in [0.25, 0.3) is 0 Å². The molecule has 1 aromatic carbocycles. The van der Waals surface area contributed by atoms with Crippen molar-refractivity contribution in [2.75, 3.05) is 37.6 Å². The van der Waals surface area contributed by atoms with E-state index in [1.165, 1.54) is 11.3 Å². The normalized spacial score (nSPS) is 31.0. The molecular formula is C23H33N7O3. The van der Waals surface area contributed by atoms with Gasteiger partial charge in [0.05, 0.1) is 17.8 Å². The van der Waals surface area contributed by atoms with Gasteiger partial charge in [0.25, 0.3) is 0 Å². The number of benzene rings is 1. The highest BCUT2D eigenvalue weighted by molar-refractivity contribution is 6.17. The Morgan fingerprint density at radius 2 is 1.70 bits per heavy atom. The maximum absolute atomic E-state index is 13.1. The molecule has 0 spiro atoms. The molecule has 3 unspecified atom stereocenters. The Balaban J connectivity index is 1.23. The number of piperidine rings is 2. The number of rotatable bonds is 4. The fraction of sp³-hybridized carbons (Fsp3) is 0.609. The Morgan fingerprint density at radius 1 is 1.00 bits per heavy atom. The van der Waals surface area contributed by atoms with Crippen LogP contribution in [0.4, 0.5) is 10.5 Å². The van der Waals surface area contributed by atoms with Crippen molar-refractivity contribution >= 4 is 23.5 Å². The van der Waals surface area contributed by atoms with E-state index in [0.29, 0.717) is 38.2 Å². The predicted molar refractivity (Wildman–Crippen MR) is 123 cm³/mol. The number of nitrogens with zero attached hydrogens (tertiary/aromatic N) is 3. The van der Waals surface area contributed by atoms with E-state index < -0.39 is 23.7 Å². The number of carbonyl (C=O) groups excluding carboxylic acids is 3. The van der Waals surface area contributed by atoms with Crippen LogP contribution in [-0.2, 0) is 9.59 Å². The first-order valence-corrected chi connectivity index (χ1v) is 12.0. The van der Waals surface area contributed by atoms with Crippen LogP contribution in [0.2, 0.25) is 0 Å². The summed E-state index contributed by atoms with van der Waals surface area (Å²) < 4.78 is 0. The molecule has 4 aliphatic rings. The Kier molecular flexibility index (Phi) is 6.09. The first-order chi connectivity index (χ1) is 16.0.